The molecule has 0 saturated carbocycles. The van der Waals surface area contributed by atoms with E-state index in [-0.39, 0.29) is 5.56 Å². The van der Waals surface area contributed by atoms with E-state index in [0.717, 1.165) is 36.5 Å². The van der Waals surface area contributed by atoms with E-state index in [1.807, 2.05) is 38.4 Å². The van der Waals surface area contributed by atoms with Crippen molar-refractivity contribution in [2.75, 3.05) is 32.6 Å². The van der Waals surface area contributed by atoms with Crippen molar-refractivity contribution < 1.29 is 9.15 Å². The molecule has 0 fully saturated rings. The molecule has 3 rings (SSSR count). The molecule has 2 N–H and O–H groups in total. The van der Waals surface area contributed by atoms with Crippen molar-refractivity contribution in [3.63, 3.8) is 0 Å². The molecule has 0 aliphatic carbocycles. The Bertz CT molecular complexity index is 953. The first kappa shape index (κ1) is 21.7. The number of nitrogens with one attached hydrogen (secondary N) is 2. The number of ether oxygens (including phenoxy) is 1. The van der Waals surface area contributed by atoms with E-state index in [9.17, 15) is 4.79 Å². The summed E-state index contributed by atoms with van der Waals surface area (Å²) in [5.74, 6) is 2.27. The van der Waals surface area contributed by atoms with Crippen LogP contribution in [0.3, 0.4) is 0 Å². The van der Waals surface area contributed by atoms with E-state index in [1.165, 1.54) is 0 Å². The number of unbranched alkanes of at least 4 members (excludes halogenated alkanes) is 1. The van der Waals surface area contributed by atoms with Crippen molar-refractivity contribution in [2.24, 2.45) is 0 Å². The lowest BCUT2D eigenvalue weighted by molar-refractivity contribution is 0.102. The maximum absolute atomic E-state index is 12.2. The Labute approximate surface area is 176 Å². The smallest absolute Gasteiger partial charge is 0.255 e. The number of furan rings is 1. The fourth-order valence-corrected chi connectivity index (χ4v) is 2.96. The van der Waals surface area contributed by atoms with Crippen molar-refractivity contribution in [1.29, 1.82) is 0 Å². The van der Waals surface area contributed by atoms with Gasteiger partial charge in [-0.25, -0.2) is 4.98 Å². The standard InChI is InChI=1S/C22H29N5O3/c1-27(2)15-19-7-8-20(30-19)16-29-11-4-3-10-24-22-25-14-18(21(28)26-22)12-17-6-5-9-23-13-17/h5-9,13-14H,3-4,10-12,15-16H2,1-2H3,(H2,24,25,26,28). The van der Waals surface area contributed by atoms with E-state index in [2.05, 4.69) is 25.2 Å². The van der Waals surface area contributed by atoms with Crippen molar-refractivity contribution in [3.8, 4) is 0 Å². The Hall–Kier alpha value is -2.97. The fourth-order valence-electron chi connectivity index (χ4n) is 2.96. The summed E-state index contributed by atoms with van der Waals surface area (Å²) in [7, 11) is 4.02. The molecule has 0 saturated heterocycles. The number of H-pyrrole nitrogens is 1. The van der Waals surface area contributed by atoms with Gasteiger partial charge in [-0.15, -0.1) is 0 Å². The van der Waals surface area contributed by atoms with Gasteiger partial charge in [0, 0.05) is 43.7 Å². The number of rotatable bonds is 12. The molecular formula is C22H29N5O3. The summed E-state index contributed by atoms with van der Waals surface area (Å²) in [5, 5.41) is 3.15. The van der Waals surface area contributed by atoms with Gasteiger partial charge >= 0.3 is 0 Å². The van der Waals surface area contributed by atoms with Crippen molar-refractivity contribution in [3.05, 3.63) is 75.9 Å². The molecule has 0 bridgehead atoms. The average molecular weight is 412 g/mol. The number of pyridine rings is 1. The van der Waals surface area contributed by atoms with Crippen LogP contribution in [0.5, 0.6) is 0 Å². The lowest BCUT2D eigenvalue weighted by Crippen LogP contribution is -2.17. The van der Waals surface area contributed by atoms with Crippen LogP contribution in [-0.2, 0) is 24.3 Å². The number of nitrogens with zero attached hydrogens (tertiary/aromatic N) is 3. The maximum atomic E-state index is 12.2. The minimum atomic E-state index is -0.133. The van der Waals surface area contributed by atoms with E-state index in [0.29, 0.717) is 37.7 Å². The number of aromatic nitrogens is 3. The first-order valence-corrected chi connectivity index (χ1v) is 10.1. The van der Waals surface area contributed by atoms with Crippen molar-refractivity contribution in [2.45, 2.75) is 32.4 Å². The average Bonchev–Trinajstić information content (AvgIpc) is 3.16. The molecule has 0 aliphatic rings. The summed E-state index contributed by atoms with van der Waals surface area (Å²) in [6, 6.07) is 7.74. The highest BCUT2D eigenvalue weighted by atomic mass is 16.5. The molecule has 3 heterocycles. The molecule has 8 nitrogen and oxygen atoms in total. The second-order valence-electron chi connectivity index (χ2n) is 7.42. The Morgan fingerprint density at radius 2 is 2.03 bits per heavy atom. The molecule has 0 atom stereocenters. The van der Waals surface area contributed by atoms with Gasteiger partial charge in [-0.1, -0.05) is 6.07 Å². The van der Waals surface area contributed by atoms with Crippen molar-refractivity contribution in [1.82, 2.24) is 19.9 Å². The predicted molar refractivity (Wildman–Crippen MR) is 115 cm³/mol. The molecule has 160 valence electrons. The summed E-state index contributed by atoms with van der Waals surface area (Å²) in [4.78, 5) is 25.4. The molecule has 8 heteroatoms. The van der Waals surface area contributed by atoms with Crippen LogP contribution in [0, 0.1) is 0 Å². The number of hydrogen-bond donors (Lipinski definition) is 2. The molecule has 0 aromatic carbocycles. The van der Waals surface area contributed by atoms with Gasteiger partial charge < -0.3 is 19.4 Å². The number of aromatic amines is 1. The molecular weight excluding hydrogens is 382 g/mol. The molecule has 0 spiro atoms. The Kier molecular flexibility index (Phi) is 8.17. The predicted octanol–water partition coefficient (Wildman–Crippen LogP) is 2.82. The molecule has 3 aromatic rings. The highest BCUT2D eigenvalue weighted by molar-refractivity contribution is 5.27. The summed E-state index contributed by atoms with van der Waals surface area (Å²) in [6.07, 6.45) is 7.41. The zero-order valence-electron chi connectivity index (χ0n) is 17.6. The normalized spacial score (nSPS) is 11.2. The zero-order valence-corrected chi connectivity index (χ0v) is 17.6. The molecule has 30 heavy (non-hydrogen) atoms. The third kappa shape index (κ3) is 7.13. The van der Waals surface area contributed by atoms with Crippen LogP contribution in [0.1, 0.15) is 35.5 Å². The highest BCUT2D eigenvalue weighted by Crippen LogP contribution is 2.11. The second kappa shape index (κ2) is 11.3. The van der Waals surface area contributed by atoms with Crippen LogP contribution >= 0.6 is 0 Å². The van der Waals surface area contributed by atoms with Crippen LogP contribution in [0.2, 0.25) is 0 Å². The molecule has 0 aliphatic heterocycles. The lowest BCUT2D eigenvalue weighted by Gasteiger charge is -2.07. The van der Waals surface area contributed by atoms with Gasteiger partial charge in [0.15, 0.2) is 0 Å². The summed E-state index contributed by atoms with van der Waals surface area (Å²) < 4.78 is 11.4. The second-order valence-corrected chi connectivity index (χ2v) is 7.42. The Morgan fingerprint density at radius 1 is 1.17 bits per heavy atom. The van der Waals surface area contributed by atoms with Gasteiger partial charge in [0.1, 0.15) is 18.1 Å². The zero-order chi connectivity index (χ0) is 21.2. The number of anilines is 1. The Balaban J connectivity index is 1.31. The minimum Gasteiger partial charge on any atom is -0.462 e. The SMILES string of the molecule is CN(C)Cc1ccc(COCCCCNc2ncc(Cc3cccnc3)c(=O)[nH]2)o1. The monoisotopic (exact) mass is 411 g/mol. The molecule has 0 unspecified atom stereocenters. The van der Waals surface area contributed by atoms with Gasteiger partial charge in [-0.05, 0) is 50.7 Å². The summed E-state index contributed by atoms with van der Waals surface area (Å²) in [5.41, 5.74) is 1.47. The van der Waals surface area contributed by atoms with Gasteiger partial charge in [0.2, 0.25) is 5.95 Å². The van der Waals surface area contributed by atoms with Crippen LogP contribution in [0.4, 0.5) is 5.95 Å². The van der Waals surface area contributed by atoms with E-state index in [1.54, 1.807) is 18.6 Å². The van der Waals surface area contributed by atoms with Gasteiger partial charge in [0.25, 0.3) is 5.56 Å². The third-order valence-corrected chi connectivity index (χ3v) is 4.43. The largest absolute Gasteiger partial charge is 0.462 e. The third-order valence-electron chi connectivity index (χ3n) is 4.43. The first-order valence-electron chi connectivity index (χ1n) is 10.1. The van der Waals surface area contributed by atoms with Crippen LogP contribution in [-0.4, -0.2) is 47.1 Å². The topological polar surface area (TPSA) is 96.3 Å². The van der Waals surface area contributed by atoms with Gasteiger partial charge in [0.05, 0.1) is 6.54 Å². The Morgan fingerprint density at radius 3 is 2.80 bits per heavy atom. The number of hydrogen-bond acceptors (Lipinski definition) is 7. The minimum absolute atomic E-state index is 0.133. The first-order chi connectivity index (χ1) is 14.6. The van der Waals surface area contributed by atoms with Gasteiger partial charge in [-0.3, -0.25) is 14.8 Å². The molecule has 3 aromatic heterocycles. The van der Waals surface area contributed by atoms with Crippen LogP contribution in [0.15, 0.2) is 52.1 Å². The fraction of sp³-hybridized carbons (Fsp3) is 0.409. The van der Waals surface area contributed by atoms with Crippen molar-refractivity contribution >= 4 is 5.95 Å². The summed E-state index contributed by atoms with van der Waals surface area (Å²) in [6.45, 7) is 2.63. The van der Waals surface area contributed by atoms with Crippen LogP contribution in [0.25, 0.3) is 0 Å². The van der Waals surface area contributed by atoms with Crippen LogP contribution < -0.4 is 10.9 Å². The van der Waals surface area contributed by atoms with E-state index < -0.39 is 0 Å². The molecule has 0 radical (unpaired) electrons. The van der Waals surface area contributed by atoms with E-state index in [4.69, 9.17) is 9.15 Å². The van der Waals surface area contributed by atoms with Gasteiger partial charge in [-0.2, -0.15) is 0 Å². The summed E-state index contributed by atoms with van der Waals surface area (Å²) >= 11 is 0. The van der Waals surface area contributed by atoms with E-state index >= 15 is 0 Å². The molecule has 0 amide bonds. The quantitative estimate of drug-likeness (QED) is 0.442. The highest BCUT2D eigenvalue weighted by Gasteiger charge is 2.05. The lowest BCUT2D eigenvalue weighted by atomic mass is 10.1. The maximum Gasteiger partial charge on any atom is 0.255 e.